The summed E-state index contributed by atoms with van der Waals surface area (Å²) in [6, 6.07) is 1.27. The van der Waals surface area contributed by atoms with E-state index < -0.39 is 11.7 Å². The fourth-order valence-electron chi connectivity index (χ4n) is 2.37. The van der Waals surface area contributed by atoms with E-state index in [-0.39, 0.29) is 0 Å². The lowest BCUT2D eigenvalue weighted by atomic mass is 9.80. The van der Waals surface area contributed by atoms with Gasteiger partial charge in [-0.05, 0) is 42.7 Å². The first-order valence-corrected chi connectivity index (χ1v) is 5.93. The van der Waals surface area contributed by atoms with Crippen LogP contribution in [-0.4, -0.2) is 4.98 Å². The lowest BCUT2D eigenvalue weighted by molar-refractivity contribution is -0.137. The normalized spacial score (nSPS) is 20.5. The van der Waals surface area contributed by atoms with Crippen LogP contribution in [0.3, 0.4) is 0 Å². The number of aromatic nitrogens is 1. The molecule has 1 aliphatic rings. The van der Waals surface area contributed by atoms with Crippen molar-refractivity contribution in [3.8, 4) is 0 Å². The number of aryl methyl sites for hydroxylation is 1. The van der Waals surface area contributed by atoms with Crippen LogP contribution in [0.15, 0.2) is 12.3 Å². The van der Waals surface area contributed by atoms with Crippen LogP contribution in [0.2, 0.25) is 0 Å². The van der Waals surface area contributed by atoms with Crippen LogP contribution >= 0.6 is 0 Å². The zero-order chi connectivity index (χ0) is 12.6. The molecule has 0 amide bonds. The number of fused-ring (bicyclic) bond motifs is 1. The predicted octanol–water partition coefficient (Wildman–Crippen LogP) is 3.86. The Balaban J connectivity index is 2.29. The van der Waals surface area contributed by atoms with Crippen molar-refractivity contribution in [3.05, 3.63) is 29.1 Å². The molecule has 0 aromatic carbocycles. The Bertz CT molecular complexity index is 410. The van der Waals surface area contributed by atoms with Gasteiger partial charge in [-0.25, -0.2) is 0 Å². The van der Waals surface area contributed by atoms with Crippen molar-refractivity contribution in [2.45, 2.75) is 39.3 Å². The molecule has 1 aliphatic carbocycles. The van der Waals surface area contributed by atoms with Crippen molar-refractivity contribution in [1.82, 2.24) is 4.98 Å². The molecule has 94 valence electrons. The molecule has 1 atom stereocenters. The molecule has 0 radical (unpaired) electrons. The average Bonchev–Trinajstić information content (AvgIpc) is 2.26. The first kappa shape index (κ1) is 12.4. The van der Waals surface area contributed by atoms with Gasteiger partial charge in [0.05, 0.1) is 5.56 Å². The molecule has 0 fully saturated rings. The highest BCUT2D eigenvalue weighted by atomic mass is 19.4. The summed E-state index contributed by atoms with van der Waals surface area (Å²) in [5.41, 5.74) is 1.00. The summed E-state index contributed by atoms with van der Waals surface area (Å²) in [5, 5.41) is 0. The Morgan fingerprint density at radius 1 is 1.35 bits per heavy atom. The third-order valence-corrected chi connectivity index (χ3v) is 3.56. The maximum Gasteiger partial charge on any atom is 0.417 e. The summed E-state index contributed by atoms with van der Waals surface area (Å²) in [6.45, 7) is 4.24. The standard InChI is InChI=1S/C13H16F3N/c1-8(2)9-3-4-12-10(5-9)6-11(7-17-12)13(14,15)16/h6-9H,3-5H2,1-2H3. The van der Waals surface area contributed by atoms with E-state index >= 15 is 0 Å². The van der Waals surface area contributed by atoms with Gasteiger partial charge in [0.2, 0.25) is 0 Å². The van der Waals surface area contributed by atoms with Crippen LogP contribution in [0.25, 0.3) is 0 Å². The number of hydrogen-bond acceptors (Lipinski definition) is 1. The van der Waals surface area contributed by atoms with Crippen LogP contribution in [0, 0.1) is 11.8 Å². The van der Waals surface area contributed by atoms with E-state index in [1.165, 1.54) is 6.07 Å². The number of nitrogens with zero attached hydrogens (tertiary/aromatic N) is 1. The second-order valence-corrected chi connectivity index (χ2v) is 5.07. The summed E-state index contributed by atoms with van der Waals surface area (Å²) >= 11 is 0. The zero-order valence-corrected chi connectivity index (χ0v) is 10.0. The highest BCUT2D eigenvalue weighted by Crippen LogP contribution is 2.34. The van der Waals surface area contributed by atoms with E-state index in [0.717, 1.165) is 36.7 Å². The van der Waals surface area contributed by atoms with E-state index in [0.29, 0.717) is 11.8 Å². The fraction of sp³-hybridized carbons (Fsp3) is 0.615. The van der Waals surface area contributed by atoms with Gasteiger partial charge in [-0.2, -0.15) is 13.2 Å². The minimum absolute atomic E-state index is 0.479. The number of hydrogen-bond donors (Lipinski definition) is 0. The number of alkyl halides is 3. The van der Waals surface area contributed by atoms with Crippen LogP contribution in [-0.2, 0) is 19.0 Å². The van der Waals surface area contributed by atoms with E-state index in [9.17, 15) is 13.2 Å². The first-order valence-electron chi connectivity index (χ1n) is 5.93. The van der Waals surface area contributed by atoms with Crippen molar-refractivity contribution >= 4 is 0 Å². The molecule has 0 aliphatic heterocycles. The van der Waals surface area contributed by atoms with Gasteiger partial charge >= 0.3 is 6.18 Å². The maximum atomic E-state index is 12.6. The second-order valence-electron chi connectivity index (χ2n) is 5.07. The Morgan fingerprint density at radius 3 is 2.65 bits per heavy atom. The SMILES string of the molecule is CC(C)C1CCc2ncc(C(F)(F)F)cc2C1. The maximum absolute atomic E-state index is 12.6. The van der Waals surface area contributed by atoms with Gasteiger partial charge in [0.25, 0.3) is 0 Å². The lowest BCUT2D eigenvalue weighted by Gasteiger charge is -2.27. The summed E-state index contributed by atoms with van der Waals surface area (Å²) in [5.74, 6) is 0.991. The van der Waals surface area contributed by atoms with Gasteiger partial charge < -0.3 is 0 Å². The molecule has 4 heteroatoms. The van der Waals surface area contributed by atoms with Crippen molar-refractivity contribution in [3.63, 3.8) is 0 Å². The van der Waals surface area contributed by atoms with E-state index in [2.05, 4.69) is 18.8 Å². The van der Waals surface area contributed by atoms with E-state index in [1.54, 1.807) is 0 Å². The number of rotatable bonds is 1. The summed E-state index contributed by atoms with van der Waals surface area (Å²) < 4.78 is 37.7. The molecular formula is C13H16F3N. The smallest absolute Gasteiger partial charge is 0.260 e. The highest BCUT2D eigenvalue weighted by molar-refractivity contribution is 5.29. The first-order chi connectivity index (χ1) is 7.88. The minimum Gasteiger partial charge on any atom is -0.260 e. The van der Waals surface area contributed by atoms with Gasteiger partial charge in [-0.3, -0.25) is 4.98 Å². The fourth-order valence-corrected chi connectivity index (χ4v) is 2.37. The topological polar surface area (TPSA) is 12.9 Å². The Morgan fingerprint density at radius 2 is 2.06 bits per heavy atom. The third kappa shape index (κ3) is 2.61. The molecule has 0 N–H and O–H groups in total. The van der Waals surface area contributed by atoms with Gasteiger partial charge in [0, 0.05) is 11.9 Å². The van der Waals surface area contributed by atoms with Crippen molar-refractivity contribution < 1.29 is 13.2 Å². The summed E-state index contributed by atoms with van der Waals surface area (Å²) in [7, 11) is 0. The molecule has 0 bridgehead atoms. The Hall–Kier alpha value is -1.06. The molecule has 0 saturated carbocycles. The molecule has 1 aromatic heterocycles. The molecule has 2 rings (SSSR count). The zero-order valence-electron chi connectivity index (χ0n) is 10.0. The van der Waals surface area contributed by atoms with Crippen molar-refractivity contribution in [2.24, 2.45) is 11.8 Å². The van der Waals surface area contributed by atoms with Crippen LogP contribution in [0.5, 0.6) is 0 Å². The molecule has 0 saturated heterocycles. The summed E-state index contributed by atoms with van der Waals surface area (Å²) in [6.07, 6.45) is -0.773. The molecule has 17 heavy (non-hydrogen) atoms. The largest absolute Gasteiger partial charge is 0.417 e. The number of halogens is 3. The van der Waals surface area contributed by atoms with Gasteiger partial charge in [-0.15, -0.1) is 0 Å². The molecule has 0 spiro atoms. The van der Waals surface area contributed by atoms with Gasteiger partial charge in [0.15, 0.2) is 0 Å². The molecule has 1 nitrogen and oxygen atoms in total. The monoisotopic (exact) mass is 243 g/mol. The molecule has 1 heterocycles. The number of pyridine rings is 1. The summed E-state index contributed by atoms with van der Waals surface area (Å²) in [4.78, 5) is 3.96. The van der Waals surface area contributed by atoms with Crippen LogP contribution < -0.4 is 0 Å². The molecule has 1 unspecified atom stereocenters. The average molecular weight is 243 g/mol. The molecular weight excluding hydrogens is 227 g/mol. The van der Waals surface area contributed by atoms with Crippen LogP contribution in [0.1, 0.15) is 37.1 Å². The van der Waals surface area contributed by atoms with Gasteiger partial charge in [-0.1, -0.05) is 13.8 Å². The Kier molecular flexibility index (Phi) is 3.15. The van der Waals surface area contributed by atoms with Crippen molar-refractivity contribution in [1.29, 1.82) is 0 Å². The van der Waals surface area contributed by atoms with Crippen LogP contribution in [0.4, 0.5) is 13.2 Å². The Labute approximate surface area is 99.1 Å². The third-order valence-electron chi connectivity index (χ3n) is 3.56. The second kappa shape index (κ2) is 4.31. The molecule has 1 aromatic rings. The minimum atomic E-state index is -4.28. The highest BCUT2D eigenvalue weighted by Gasteiger charge is 2.32. The van der Waals surface area contributed by atoms with Crippen molar-refractivity contribution in [2.75, 3.05) is 0 Å². The van der Waals surface area contributed by atoms with E-state index in [1.807, 2.05) is 0 Å². The quantitative estimate of drug-likeness (QED) is 0.729. The van der Waals surface area contributed by atoms with Gasteiger partial charge in [0.1, 0.15) is 0 Å². The predicted molar refractivity (Wildman–Crippen MR) is 59.6 cm³/mol. The van der Waals surface area contributed by atoms with E-state index in [4.69, 9.17) is 0 Å². The lowest BCUT2D eigenvalue weighted by Crippen LogP contribution is -2.21.